The molecule has 29 heavy (non-hydrogen) atoms. The fraction of sp³-hybridized carbons (Fsp3) is 0.500. The molecule has 0 radical (unpaired) electrons. The second kappa shape index (κ2) is 7.12. The van der Waals surface area contributed by atoms with E-state index < -0.39 is 17.7 Å². The molecule has 1 amide bonds. The molecule has 0 unspecified atom stereocenters. The number of hydrogen-bond donors (Lipinski definition) is 1. The molecule has 1 aliphatic rings. The highest BCUT2D eigenvalue weighted by Crippen LogP contribution is 2.40. The number of hydrogen-bond acceptors (Lipinski definition) is 6. The minimum absolute atomic E-state index is 0.123. The third-order valence-electron chi connectivity index (χ3n) is 5.12. The number of aromatic nitrogens is 5. The predicted octanol–water partition coefficient (Wildman–Crippen LogP) is 3.50. The van der Waals surface area contributed by atoms with Crippen LogP contribution in [0.5, 0.6) is 0 Å². The van der Waals surface area contributed by atoms with Crippen molar-refractivity contribution in [2.24, 2.45) is 0 Å². The van der Waals surface area contributed by atoms with Gasteiger partial charge in [-0.15, -0.1) is 0 Å². The van der Waals surface area contributed by atoms with Gasteiger partial charge in [0.25, 0.3) is 11.6 Å². The molecule has 1 fully saturated rings. The van der Waals surface area contributed by atoms with Gasteiger partial charge >= 0.3 is 6.18 Å². The van der Waals surface area contributed by atoms with Crippen molar-refractivity contribution in [2.75, 3.05) is 13.1 Å². The van der Waals surface area contributed by atoms with E-state index >= 15 is 0 Å². The lowest BCUT2D eigenvalue weighted by Crippen LogP contribution is -2.39. The highest BCUT2D eigenvalue weighted by atomic mass is 19.4. The summed E-state index contributed by atoms with van der Waals surface area (Å²) in [5.41, 5.74) is -0.289. The van der Waals surface area contributed by atoms with Gasteiger partial charge in [0.1, 0.15) is 0 Å². The molecule has 1 aliphatic heterocycles. The van der Waals surface area contributed by atoms with Crippen LogP contribution < -0.4 is 0 Å². The number of alkyl halides is 3. The highest BCUT2D eigenvalue weighted by molar-refractivity contribution is 5.92. The third kappa shape index (κ3) is 3.56. The summed E-state index contributed by atoms with van der Waals surface area (Å²) in [6.07, 6.45) is -2.04. The first kappa shape index (κ1) is 19.3. The van der Waals surface area contributed by atoms with Gasteiger partial charge in [-0.3, -0.25) is 4.79 Å². The second-order valence-electron chi connectivity index (χ2n) is 7.44. The van der Waals surface area contributed by atoms with Crippen LogP contribution in [0.2, 0.25) is 0 Å². The first-order valence-electron chi connectivity index (χ1n) is 9.28. The summed E-state index contributed by atoms with van der Waals surface area (Å²) in [6, 6.07) is 1.06. The Morgan fingerprint density at radius 3 is 2.83 bits per heavy atom. The lowest BCUT2D eigenvalue weighted by molar-refractivity contribution is -0.136. The maximum absolute atomic E-state index is 13.8. The Balaban J connectivity index is 1.73. The Bertz CT molecular complexity index is 1030. The summed E-state index contributed by atoms with van der Waals surface area (Å²) in [4.78, 5) is 18.3. The topological polar surface area (TPSA) is 101 Å². The summed E-state index contributed by atoms with van der Waals surface area (Å²) < 4.78 is 46.6. The van der Waals surface area contributed by atoms with E-state index in [9.17, 15) is 18.0 Å². The zero-order valence-corrected chi connectivity index (χ0v) is 15.8. The summed E-state index contributed by atoms with van der Waals surface area (Å²) in [5.74, 6) is -0.916. The normalized spacial score (nSPS) is 18.0. The number of rotatable bonds is 3. The van der Waals surface area contributed by atoms with E-state index in [1.807, 2.05) is 0 Å². The molecular weight excluding hydrogens is 389 g/mol. The van der Waals surface area contributed by atoms with Gasteiger partial charge in [0.05, 0.1) is 22.8 Å². The van der Waals surface area contributed by atoms with Crippen molar-refractivity contribution < 1.29 is 22.5 Å². The lowest BCUT2D eigenvalue weighted by Gasteiger charge is -2.31. The average molecular weight is 408 g/mol. The van der Waals surface area contributed by atoms with E-state index in [1.165, 1.54) is 6.20 Å². The van der Waals surface area contributed by atoms with Crippen molar-refractivity contribution in [3.05, 3.63) is 34.9 Å². The maximum Gasteiger partial charge on any atom is 0.417 e. The molecule has 0 bridgehead atoms. The number of nitrogens with zero attached hydrogens (tertiary/aromatic N) is 5. The molecule has 3 aromatic rings. The molecule has 4 heterocycles. The Morgan fingerprint density at radius 2 is 2.17 bits per heavy atom. The number of aromatic amines is 1. The van der Waals surface area contributed by atoms with E-state index in [2.05, 4.69) is 25.6 Å². The lowest BCUT2D eigenvalue weighted by atomic mass is 9.91. The summed E-state index contributed by atoms with van der Waals surface area (Å²) in [7, 11) is 0. The number of amides is 1. The van der Waals surface area contributed by atoms with Crippen LogP contribution in [0.3, 0.4) is 0 Å². The number of nitrogens with one attached hydrogen (secondary N) is 1. The van der Waals surface area contributed by atoms with Crippen molar-refractivity contribution >= 4 is 17.0 Å². The number of carbonyl (C=O) groups is 1. The molecule has 154 valence electrons. The number of halogens is 3. The number of carbonyl (C=O) groups excluding carboxylic acids is 1. The SMILES string of the molecule is CC(C)c1cc(C(F)(F)F)c2c([C@H]3CCCN(C(=O)c4cn[nH]n4)C3)noc2n1. The Hall–Kier alpha value is -2.98. The van der Waals surface area contributed by atoms with Gasteiger partial charge in [-0.25, -0.2) is 4.98 Å². The second-order valence-corrected chi connectivity index (χ2v) is 7.44. The first-order valence-corrected chi connectivity index (χ1v) is 9.28. The summed E-state index contributed by atoms with van der Waals surface area (Å²) >= 11 is 0. The molecule has 1 N–H and O–H groups in total. The van der Waals surface area contributed by atoms with Crippen LogP contribution in [0.25, 0.3) is 11.1 Å². The molecule has 0 saturated carbocycles. The van der Waals surface area contributed by atoms with Crippen molar-refractivity contribution in [3.8, 4) is 0 Å². The van der Waals surface area contributed by atoms with Gasteiger partial charge in [-0.1, -0.05) is 19.0 Å². The molecule has 8 nitrogen and oxygen atoms in total. The van der Waals surface area contributed by atoms with E-state index in [4.69, 9.17) is 4.52 Å². The predicted molar refractivity (Wildman–Crippen MR) is 95.2 cm³/mol. The van der Waals surface area contributed by atoms with E-state index in [0.29, 0.717) is 25.1 Å². The number of piperidine rings is 1. The minimum atomic E-state index is -4.57. The molecular formula is C18H19F3N6O2. The van der Waals surface area contributed by atoms with Crippen molar-refractivity contribution in [3.63, 3.8) is 0 Å². The van der Waals surface area contributed by atoms with Gasteiger partial charge in [-0.2, -0.15) is 28.6 Å². The molecule has 1 atom stereocenters. The quantitative estimate of drug-likeness (QED) is 0.712. The van der Waals surface area contributed by atoms with Gasteiger partial charge in [0.2, 0.25) is 0 Å². The molecule has 11 heteroatoms. The number of fused-ring (bicyclic) bond motifs is 1. The van der Waals surface area contributed by atoms with Gasteiger partial charge in [-0.05, 0) is 24.8 Å². The van der Waals surface area contributed by atoms with Crippen molar-refractivity contribution in [2.45, 2.75) is 44.7 Å². The highest BCUT2D eigenvalue weighted by Gasteiger charge is 2.38. The van der Waals surface area contributed by atoms with Crippen LogP contribution in [0, 0.1) is 0 Å². The van der Waals surface area contributed by atoms with Crippen molar-refractivity contribution in [1.29, 1.82) is 0 Å². The number of likely N-dealkylation sites (tertiary alicyclic amines) is 1. The smallest absolute Gasteiger partial charge is 0.337 e. The average Bonchev–Trinajstić information content (AvgIpc) is 3.35. The van der Waals surface area contributed by atoms with E-state index in [0.717, 1.165) is 6.07 Å². The zero-order chi connectivity index (χ0) is 20.8. The largest absolute Gasteiger partial charge is 0.417 e. The number of pyridine rings is 1. The van der Waals surface area contributed by atoms with Crippen LogP contribution in [-0.4, -0.2) is 49.4 Å². The molecule has 4 rings (SSSR count). The van der Waals surface area contributed by atoms with Crippen LogP contribution in [0.4, 0.5) is 13.2 Å². The Kier molecular flexibility index (Phi) is 4.75. The van der Waals surface area contributed by atoms with Gasteiger partial charge < -0.3 is 9.42 Å². The molecule has 0 spiro atoms. The van der Waals surface area contributed by atoms with E-state index in [-0.39, 0.29) is 40.9 Å². The van der Waals surface area contributed by atoms with Crippen molar-refractivity contribution in [1.82, 2.24) is 30.5 Å². The van der Waals surface area contributed by atoms with Crippen LogP contribution in [0.15, 0.2) is 16.8 Å². The van der Waals surface area contributed by atoms with Crippen LogP contribution in [0.1, 0.15) is 66.0 Å². The summed E-state index contributed by atoms with van der Waals surface area (Å²) in [5, 5.41) is 13.6. The summed E-state index contributed by atoms with van der Waals surface area (Å²) in [6.45, 7) is 4.23. The number of H-pyrrole nitrogens is 1. The molecule has 1 saturated heterocycles. The first-order chi connectivity index (χ1) is 13.8. The fourth-order valence-electron chi connectivity index (χ4n) is 3.64. The van der Waals surface area contributed by atoms with Crippen LogP contribution in [-0.2, 0) is 6.18 Å². The monoisotopic (exact) mass is 408 g/mol. The molecule has 0 aliphatic carbocycles. The Labute approximate surface area is 163 Å². The fourth-order valence-corrected chi connectivity index (χ4v) is 3.64. The molecule has 3 aromatic heterocycles. The third-order valence-corrected chi connectivity index (χ3v) is 5.12. The van der Waals surface area contributed by atoms with E-state index in [1.54, 1.807) is 18.7 Å². The van der Waals surface area contributed by atoms with Crippen LogP contribution >= 0.6 is 0 Å². The zero-order valence-electron chi connectivity index (χ0n) is 15.8. The maximum atomic E-state index is 13.8. The van der Waals surface area contributed by atoms with Gasteiger partial charge in [0.15, 0.2) is 5.69 Å². The standard InChI is InChI=1S/C18H19F3N6O2/c1-9(2)12-6-11(18(19,20)21)14-15(25-29-16(14)23-12)10-4-3-5-27(8-10)17(28)13-7-22-26-24-13/h6-7,9-10H,3-5,8H2,1-2H3,(H,22,24,26)/t10-/m0/s1. The minimum Gasteiger partial charge on any atom is -0.337 e. The van der Waals surface area contributed by atoms with Gasteiger partial charge in [0, 0.05) is 24.7 Å². The Morgan fingerprint density at radius 1 is 1.38 bits per heavy atom. The molecule has 0 aromatic carbocycles.